The van der Waals surface area contributed by atoms with Crippen molar-refractivity contribution in [2.75, 3.05) is 20.2 Å². The third-order valence-electron chi connectivity index (χ3n) is 4.10. The Kier molecular flexibility index (Phi) is 4.81. The van der Waals surface area contributed by atoms with E-state index in [1.807, 2.05) is 6.07 Å². The summed E-state index contributed by atoms with van der Waals surface area (Å²) < 4.78 is 5.29. The van der Waals surface area contributed by atoms with Gasteiger partial charge in [-0.25, -0.2) is 0 Å². The second-order valence-electron chi connectivity index (χ2n) is 5.30. The molecule has 3 nitrogen and oxygen atoms in total. The molecular weight excluding hydrogens is 236 g/mol. The first-order valence-electron chi connectivity index (χ1n) is 6.99. The van der Waals surface area contributed by atoms with Gasteiger partial charge in [0.1, 0.15) is 5.75 Å². The Morgan fingerprint density at radius 1 is 1.42 bits per heavy atom. The summed E-state index contributed by atoms with van der Waals surface area (Å²) in [5.74, 6) is 1.57. The predicted octanol–water partition coefficient (Wildman–Crippen LogP) is 3.18. The maximum Gasteiger partial charge on any atom is 0.119 e. The number of hydrogen-bond donors (Lipinski definition) is 0. The van der Waals surface area contributed by atoms with E-state index >= 15 is 0 Å². The van der Waals surface area contributed by atoms with E-state index in [0.717, 1.165) is 18.8 Å². The number of methoxy groups -OCH3 is 1. The van der Waals surface area contributed by atoms with Gasteiger partial charge in [-0.15, -0.1) is 0 Å². The first-order valence-corrected chi connectivity index (χ1v) is 6.99. The standard InChI is InChI=1S/C16H22N2O/c1-13(6-9-17)18-10-7-14(8-11-18)15-4-3-5-16(12-15)19-2/h3-5,12-14H,6-8,10-11H2,1-2H3/t13-/m0/s1. The molecule has 0 spiro atoms. The molecule has 1 fully saturated rings. The highest BCUT2D eigenvalue weighted by Gasteiger charge is 2.23. The third kappa shape index (κ3) is 3.48. The molecule has 0 aromatic heterocycles. The highest BCUT2D eigenvalue weighted by atomic mass is 16.5. The second kappa shape index (κ2) is 6.58. The van der Waals surface area contributed by atoms with Gasteiger partial charge in [0.15, 0.2) is 0 Å². The summed E-state index contributed by atoms with van der Waals surface area (Å²) in [6.45, 7) is 4.32. The molecule has 1 saturated heterocycles. The highest BCUT2D eigenvalue weighted by molar-refractivity contribution is 5.31. The Morgan fingerprint density at radius 3 is 2.79 bits per heavy atom. The molecule has 1 heterocycles. The monoisotopic (exact) mass is 258 g/mol. The van der Waals surface area contributed by atoms with Crippen LogP contribution in [0.15, 0.2) is 24.3 Å². The van der Waals surface area contributed by atoms with Gasteiger partial charge in [-0.1, -0.05) is 12.1 Å². The lowest BCUT2D eigenvalue weighted by molar-refractivity contribution is 0.163. The van der Waals surface area contributed by atoms with Crippen molar-refractivity contribution in [2.45, 2.75) is 38.1 Å². The van der Waals surface area contributed by atoms with Crippen LogP contribution in [0.5, 0.6) is 5.75 Å². The predicted molar refractivity (Wildman–Crippen MR) is 76.2 cm³/mol. The normalized spacial score (nSPS) is 18.8. The minimum atomic E-state index is 0.385. The van der Waals surface area contributed by atoms with E-state index in [0.29, 0.717) is 18.4 Å². The molecule has 102 valence electrons. The molecule has 1 atom stereocenters. The number of nitriles is 1. The fourth-order valence-corrected chi connectivity index (χ4v) is 2.83. The highest BCUT2D eigenvalue weighted by Crippen LogP contribution is 2.30. The van der Waals surface area contributed by atoms with E-state index in [-0.39, 0.29) is 0 Å². The molecular formula is C16H22N2O. The smallest absolute Gasteiger partial charge is 0.119 e. The summed E-state index contributed by atoms with van der Waals surface area (Å²) in [4.78, 5) is 2.43. The molecule has 0 saturated carbocycles. The van der Waals surface area contributed by atoms with Crippen LogP contribution < -0.4 is 4.74 Å². The Morgan fingerprint density at radius 2 is 2.16 bits per heavy atom. The number of piperidine rings is 1. The SMILES string of the molecule is COc1cccc(C2CCN([C@@H](C)CC#N)CC2)c1. The molecule has 0 N–H and O–H groups in total. The molecule has 0 aliphatic carbocycles. The third-order valence-corrected chi connectivity index (χ3v) is 4.10. The fraction of sp³-hybridized carbons (Fsp3) is 0.562. The summed E-state index contributed by atoms with van der Waals surface area (Å²) in [6.07, 6.45) is 2.97. The number of likely N-dealkylation sites (tertiary alicyclic amines) is 1. The van der Waals surface area contributed by atoms with Crippen molar-refractivity contribution < 1.29 is 4.74 Å². The molecule has 1 aromatic carbocycles. The molecule has 0 amide bonds. The van der Waals surface area contributed by atoms with Crippen molar-refractivity contribution in [3.8, 4) is 11.8 Å². The van der Waals surface area contributed by atoms with E-state index in [2.05, 4.69) is 36.1 Å². The van der Waals surface area contributed by atoms with Crippen LogP contribution in [0.3, 0.4) is 0 Å². The first-order chi connectivity index (χ1) is 9.24. The number of ether oxygens (including phenoxy) is 1. The number of hydrogen-bond acceptors (Lipinski definition) is 3. The van der Waals surface area contributed by atoms with E-state index in [4.69, 9.17) is 10.00 Å². The van der Waals surface area contributed by atoms with Crippen molar-refractivity contribution in [1.82, 2.24) is 4.90 Å². The van der Waals surface area contributed by atoms with Crippen molar-refractivity contribution >= 4 is 0 Å². The van der Waals surface area contributed by atoms with Crippen LogP contribution in [0.25, 0.3) is 0 Å². The Bertz CT molecular complexity index is 444. The summed E-state index contributed by atoms with van der Waals surface area (Å²) in [5.41, 5.74) is 1.38. The van der Waals surface area contributed by atoms with Gasteiger partial charge in [0.2, 0.25) is 0 Å². The Balaban J connectivity index is 1.94. The van der Waals surface area contributed by atoms with E-state index in [9.17, 15) is 0 Å². The largest absolute Gasteiger partial charge is 0.497 e. The summed E-state index contributed by atoms with van der Waals surface area (Å²) in [7, 11) is 1.71. The average molecular weight is 258 g/mol. The maximum atomic E-state index is 8.76. The zero-order valence-electron chi connectivity index (χ0n) is 11.8. The average Bonchev–Trinajstić information content (AvgIpc) is 2.48. The first kappa shape index (κ1) is 13.9. The van der Waals surface area contributed by atoms with Gasteiger partial charge in [-0.2, -0.15) is 5.26 Å². The van der Waals surface area contributed by atoms with Gasteiger partial charge in [-0.05, 0) is 56.5 Å². The molecule has 0 radical (unpaired) electrons. The molecule has 3 heteroatoms. The molecule has 1 aliphatic heterocycles. The second-order valence-corrected chi connectivity index (χ2v) is 5.30. The topological polar surface area (TPSA) is 36.3 Å². The number of nitrogens with zero attached hydrogens (tertiary/aromatic N) is 2. The van der Waals surface area contributed by atoms with Crippen molar-refractivity contribution in [3.05, 3.63) is 29.8 Å². The van der Waals surface area contributed by atoms with Gasteiger partial charge < -0.3 is 4.74 Å². The molecule has 0 bridgehead atoms. The zero-order valence-corrected chi connectivity index (χ0v) is 11.8. The van der Waals surface area contributed by atoms with Crippen LogP contribution in [0, 0.1) is 11.3 Å². The van der Waals surface area contributed by atoms with Crippen LogP contribution in [0.4, 0.5) is 0 Å². The van der Waals surface area contributed by atoms with Crippen LogP contribution in [-0.2, 0) is 0 Å². The van der Waals surface area contributed by atoms with Gasteiger partial charge in [0, 0.05) is 6.04 Å². The summed E-state index contributed by atoms with van der Waals surface area (Å²) in [6, 6.07) is 11.1. The van der Waals surface area contributed by atoms with Crippen molar-refractivity contribution in [1.29, 1.82) is 5.26 Å². The molecule has 19 heavy (non-hydrogen) atoms. The van der Waals surface area contributed by atoms with E-state index in [1.165, 1.54) is 18.4 Å². The van der Waals surface area contributed by atoms with Gasteiger partial charge in [0.25, 0.3) is 0 Å². The molecule has 2 rings (SSSR count). The van der Waals surface area contributed by atoms with Gasteiger partial charge in [-0.3, -0.25) is 4.90 Å². The summed E-state index contributed by atoms with van der Waals surface area (Å²) in [5, 5.41) is 8.76. The Hall–Kier alpha value is -1.53. The Labute approximate surface area is 115 Å². The van der Waals surface area contributed by atoms with Crippen LogP contribution in [0.1, 0.15) is 37.7 Å². The lowest BCUT2D eigenvalue weighted by Gasteiger charge is -2.35. The number of rotatable bonds is 4. The van der Waals surface area contributed by atoms with Crippen LogP contribution in [-0.4, -0.2) is 31.1 Å². The zero-order chi connectivity index (χ0) is 13.7. The van der Waals surface area contributed by atoms with Gasteiger partial charge in [0.05, 0.1) is 19.6 Å². The van der Waals surface area contributed by atoms with E-state index < -0.39 is 0 Å². The van der Waals surface area contributed by atoms with E-state index in [1.54, 1.807) is 7.11 Å². The van der Waals surface area contributed by atoms with Crippen LogP contribution in [0.2, 0.25) is 0 Å². The maximum absolute atomic E-state index is 8.76. The lowest BCUT2D eigenvalue weighted by Crippen LogP contribution is -2.39. The minimum absolute atomic E-state index is 0.385. The number of benzene rings is 1. The van der Waals surface area contributed by atoms with Crippen LogP contribution >= 0.6 is 0 Å². The van der Waals surface area contributed by atoms with Gasteiger partial charge >= 0.3 is 0 Å². The lowest BCUT2D eigenvalue weighted by atomic mass is 9.88. The fourth-order valence-electron chi connectivity index (χ4n) is 2.83. The molecule has 0 unspecified atom stereocenters. The van der Waals surface area contributed by atoms with Crippen molar-refractivity contribution in [3.63, 3.8) is 0 Å². The quantitative estimate of drug-likeness (QED) is 0.832. The molecule has 1 aromatic rings. The summed E-state index contributed by atoms with van der Waals surface area (Å²) >= 11 is 0. The van der Waals surface area contributed by atoms with Crippen molar-refractivity contribution in [2.24, 2.45) is 0 Å². The molecule has 1 aliphatic rings. The minimum Gasteiger partial charge on any atom is -0.497 e.